The van der Waals surface area contributed by atoms with Gasteiger partial charge in [-0.25, -0.2) is 9.14 Å². The third-order valence-electron chi connectivity index (χ3n) is 1.71. The number of carboxylic acids is 1. The fourth-order valence-electron chi connectivity index (χ4n) is 0.944. The molecule has 1 rings (SSSR count). The smallest absolute Gasteiger partial charge is 0.328 e. The molecule has 0 saturated heterocycles. The Labute approximate surface area is 92.1 Å². The van der Waals surface area contributed by atoms with Gasteiger partial charge in [0.1, 0.15) is 6.04 Å². The minimum atomic E-state index is -1.11. The fourth-order valence-corrected chi connectivity index (χ4v) is 1.28. The molecule has 0 amide bonds. The molecule has 1 aromatic heterocycles. The summed E-state index contributed by atoms with van der Waals surface area (Å²) in [5.41, 5.74) is -1.16. The normalized spacial score (nSPS) is 12.3. The summed E-state index contributed by atoms with van der Waals surface area (Å²) in [6, 6.07) is 0.197. The second kappa shape index (κ2) is 4.89. The van der Waals surface area contributed by atoms with E-state index < -0.39 is 23.3 Å². The van der Waals surface area contributed by atoms with Crippen molar-refractivity contribution in [2.75, 3.05) is 0 Å². The van der Waals surface area contributed by atoms with Crippen LogP contribution in [-0.4, -0.2) is 26.7 Å². The average molecular weight is 278 g/mol. The lowest BCUT2D eigenvalue weighted by Gasteiger charge is -2.10. The summed E-state index contributed by atoms with van der Waals surface area (Å²) in [4.78, 5) is 34.6. The van der Waals surface area contributed by atoms with Crippen molar-refractivity contribution in [2.45, 2.75) is 12.6 Å². The highest BCUT2D eigenvalue weighted by Crippen LogP contribution is 1.91. The lowest BCUT2D eigenvalue weighted by Crippen LogP contribution is -2.39. The van der Waals surface area contributed by atoms with E-state index in [-0.39, 0.29) is 6.54 Å². The second-order valence-electron chi connectivity index (χ2n) is 2.76. The number of aromatic nitrogens is 2. The first-order valence-electron chi connectivity index (χ1n) is 3.93. The number of aliphatic carboxylic acids is 1. The molecule has 0 aliphatic heterocycles. The molecule has 0 unspecified atom stereocenters. The molecular weight excluding hydrogens is 270 g/mol. The van der Waals surface area contributed by atoms with Gasteiger partial charge in [-0.3, -0.25) is 19.1 Å². The maximum absolute atomic E-state index is 11.2. The van der Waals surface area contributed by atoms with E-state index in [0.29, 0.717) is 0 Å². The first-order valence-corrected chi connectivity index (χ1v) is 4.72. The fraction of sp³-hybridized carbons (Fsp3) is 0.286. The van der Waals surface area contributed by atoms with E-state index in [9.17, 15) is 14.4 Å². The third kappa shape index (κ3) is 3.03. The van der Waals surface area contributed by atoms with Gasteiger partial charge in [-0.15, -0.1) is 0 Å². The topological polar surface area (TPSA) is 104 Å². The molecule has 0 aliphatic rings. The summed E-state index contributed by atoms with van der Waals surface area (Å²) in [5, 5.41) is 8.70. The van der Waals surface area contributed by atoms with Gasteiger partial charge in [0.2, 0.25) is 0 Å². The van der Waals surface area contributed by atoms with Crippen LogP contribution in [0.5, 0.6) is 0 Å². The van der Waals surface area contributed by atoms with E-state index >= 15 is 0 Å². The zero-order chi connectivity index (χ0) is 11.4. The van der Waals surface area contributed by atoms with Gasteiger partial charge in [-0.2, -0.15) is 0 Å². The van der Waals surface area contributed by atoms with Crippen molar-refractivity contribution < 1.29 is 9.90 Å². The second-order valence-corrected chi connectivity index (χ2v) is 3.22. The van der Waals surface area contributed by atoms with Gasteiger partial charge in [0.25, 0.3) is 5.56 Å². The van der Waals surface area contributed by atoms with Gasteiger partial charge in [0.15, 0.2) is 0 Å². The maximum atomic E-state index is 11.2. The molecule has 1 heterocycles. The van der Waals surface area contributed by atoms with Crippen molar-refractivity contribution in [3.63, 3.8) is 0 Å². The average Bonchev–Trinajstić information content (AvgIpc) is 2.16. The Morgan fingerprint density at radius 3 is 2.80 bits per heavy atom. The predicted molar refractivity (Wildman–Crippen MR) is 54.8 cm³/mol. The maximum Gasteiger partial charge on any atom is 0.328 e. The lowest BCUT2D eigenvalue weighted by molar-refractivity contribution is -0.139. The molecule has 0 aromatic carbocycles. The number of nitrogens with one attached hydrogen (secondary N) is 2. The molecule has 15 heavy (non-hydrogen) atoms. The minimum Gasteiger partial charge on any atom is -0.480 e. The molecule has 1 atom stereocenters. The molecule has 0 saturated carbocycles. The SMILES string of the molecule is O=C(O)[C@H](Cn1ccc(=O)[nH]c1=O)NBr. The highest BCUT2D eigenvalue weighted by molar-refractivity contribution is 9.08. The lowest BCUT2D eigenvalue weighted by atomic mass is 10.3. The van der Waals surface area contributed by atoms with Crippen molar-refractivity contribution in [1.82, 2.24) is 13.9 Å². The van der Waals surface area contributed by atoms with Crippen LogP contribution < -0.4 is 15.6 Å². The van der Waals surface area contributed by atoms with Crippen LogP contribution in [0.1, 0.15) is 0 Å². The van der Waals surface area contributed by atoms with Gasteiger partial charge < -0.3 is 5.11 Å². The van der Waals surface area contributed by atoms with Crippen LogP contribution in [0.25, 0.3) is 0 Å². The summed E-state index contributed by atoms with van der Waals surface area (Å²) in [7, 11) is 0. The summed E-state index contributed by atoms with van der Waals surface area (Å²) < 4.78 is 3.44. The highest BCUT2D eigenvalue weighted by Gasteiger charge is 2.16. The van der Waals surface area contributed by atoms with Crippen molar-refractivity contribution in [2.24, 2.45) is 0 Å². The monoisotopic (exact) mass is 277 g/mol. The standard InChI is InChI=1S/C7H8BrN3O4/c8-10-4(6(13)14)3-11-2-1-5(12)9-7(11)15/h1-2,4,10H,3H2,(H,13,14)(H,9,12,15)/t4-/m0/s1. The number of hydrogen-bond acceptors (Lipinski definition) is 4. The summed E-state index contributed by atoms with van der Waals surface area (Å²) in [5.74, 6) is -1.11. The van der Waals surface area contributed by atoms with Gasteiger partial charge in [0.05, 0.1) is 6.54 Å². The minimum absolute atomic E-state index is 0.0871. The molecule has 1 aromatic rings. The molecule has 7 nitrogen and oxygen atoms in total. The zero-order valence-corrected chi connectivity index (χ0v) is 9.02. The summed E-state index contributed by atoms with van der Waals surface area (Å²) in [6.45, 7) is -0.0871. The van der Waals surface area contributed by atoms with E-state index in [2.05, 4.69) is 20.5 Å². The van der Waals surface area contributed by atoms with Gasteiger partial charge >= 0.3 is 11.7 Å². The Bertz CT molecular complexity index is 466. The summed E-state index contributed by atoms with van der Waals surface area (Å²) >= 11 is 2.79. The molecule has 0 radical (unpaired) electrons. The predicted octanol–water partition coefficient (Wildman–Crippen LogP) is -1.11. The Morgan fingerprint density at radius 2 is 2.33 bits per heavy atom. The first-order chi connectivity index (χ1) is 7.04. The quantitative estimate of drug-likeness (QED) is 0.606. The van der Waals surface area contributed by atoms with E-state index in [1.165, 1.54) is 6.20 Å². The van der Waals surface area contributed by atoms with Crippen LogP contribution in [0.3, 0.4) is 0 Å². The molecule has 82 valence electrons. The Balaban J connectivity index is 2.94. The van der Waals surface area contributed by atoms with Gasteiger partial charge in [-0.1, -0.05) is 0 Å². The Hall–Kier alpha value is -1.41. The number of H-pyrrole nitrogens is 1. The molecule has 0 aliphatic carbocycles. The van der Waals surface area contributed by atoms with Crippen molar-refractivity contribution in [3.8, 4) is 0 Å². The van der Waals surface area contributed by atoms with E-state index in [0.717, 1.165) is 10.6 Å². The summed E-state index contributed by atoms with van der Waals surface area (Å²) in [6.07, 6.45) is 1.24. The van der Waals surface area contributed by atoms with Crippen molar-refractivity contribution >= 4 is 22.1 Å². The number of carbonyl (C=O) groups is 1. The number of rotatable bonds is 4. The number of halogens is 1. The molecule has 3 N–H and O–H groups in total. The van der Waals surface area contributed by atoms with Crippen LogP contribution in [0, 0.1) is 0 Å². The zero-order valence-electron chi connectivity index (χ0n) is 7.44. The first kappa shape index (κ1) is 11.7. The van der Waals surface area contributed by atoms with Crippen LogP contribution in [0.2, 0.25) is 0 Å². The third-order valence-corrected chi connectivity index (χ3v) is 2.26. The van der Waals surface area contributed by atoms with E-state index in [4.69, 9.17) is 5.11 Å². The van der Waals surface area contributed by atoms with Gasteiger partial charge in [0, 0.05) is 28.4 Å². The van der Waals surface area contributed by atoms with Crippen molar-refractivity contribution in [1.29, 1.82) is 0 Å². The van der Waals surface area contributed by atoms with Gasteiger partial charge in [-0.05, 0) is 0 Å². The Morgan fingerprint density at radius 1 is 1.67 bits per heavy atom. The number of nitrogens with zero attached hydrogens (tertiary/aromatic N) is 1. The molecule has 0 spiro atoms. The Kier molecular flexibility index (Phi) is 3.81. The van der Waals surface area contributed by atoms with Crippen molar-refractivity contribution in [3.05, 3.63) is 33.1 Å². The number of aromatic amines is 1. The van der Waals surface area contributed by atoms with Crippen LogP contribution >= 0.6 is 16.1 Å². The van der Waals surface area contributed by atoms with E-state index in [1.54, 1.807) is 0 Å². The number of hydrogen-bond donors (Lipinski definition) is 3. The molecular formula is C7H8BrN3O4. The molecule has 0 fully saturated rings. The van der Waals surface area contributed by atoms with Crippen LogP contribution in [0.15, 0.2) is 21.9 Å². The van der Waals surface area contributed by atoms with Crippen LogP contribution in [0.4, 0.5) is 0 Å². The highest BCUT2D eigenvalue weighted by atomic mass is 79.9. The number of carboxylic acid groups (broad SMARTS) is 1. The molecule has 0 bridgehead atoms. The van der Waals surface area contributed by atoms with Crippen LogP contribution in [-0.2, 0) is 11.3 Å². The molecule has 8 heteroatoms. The largest absolute Gasteiger partial charge is 0.480 e. The van der Waals surface area contributed by atoms with E-state index in [1.807, 2.05) is 4.98 Å².